The number of carbonyl (C=O) groups is 2. The van der Waals surface area contributed by atoms with E-state index in [1.807, 2.05) is 0 Å². The number of likely N-dealkylation sites (tertiary alicyclic amines) is 1. The Morgan fingerprint density at radius 1 is 1.31 bits per heavy atom. The number of nitrogens with two attached hydrogens (primary N) is 1. The number of rotatable bonds is 7. The molecule has 2 fully saturated rings. The van der Waals surface area contributed by atoms with E-state index >= 15 is 0 Å². The summed E-state index contributed by atoms with van der Waals surface area (Å²) in [5.74, 6) is 7.52. The van der Waals surface area contributed by atoms with Crippen LogP contribution in [0.3, 0.4) is 0 Å². The maximum absolute atomic E-state index is 12.1. The maximum Gasteiger partial charge on any atom is 0.252 e. The van der Waals surface area contributed by atoms with Gasteiger partial charge < -0.3 is 25.4 Å². The van der Waals surface area contributed by atoms with E-state index in [4.69, 9.17) is 15.2 Å². The second-order valence-electron chi connectivity index (χ2n) is 9.97. The molecule has 4 rings (SSSR count). The Balaban J connectivity index is 0.00000380. The number of carbonyl (C=O) groups excluding carboxylic acids is 2. The number of benzene rings is 1. The monoisotopic (exact) mass is 494 g/mol. The molecule has 194 valence electrons. The topological polar surface area (TPSA) is 107 Å². The van der Waals surface area contributed by atoms with Crippen LogP contribution in [0.5, 0.6) is 11.6 Å². The summed E-state index contributed by atoms with van der Waals surface area (Å²) in [4.78, 5) is 31.0. The Labute approximate surface area is 214 Å². The lowest BCUT2D eigenvalue weighted by atomic mass is 9.95. The van der Waals surface area contributed by atoms with Gasteiger partial charge in [0.2, 0.25) is 11.8 Å². The second kappa shape index (κ2) is 11.2. The fourth-order valence-electron chi connectivity index (χ4n) is 5.10. The van der Waals surface area contributed by atoms with Crippen molar-refractivity contribution in [1.29, 1.82) is 0 Å². The van der Waals surface area contributed by atoms with Crippen LogP contribution in [0.25, 0.3) is 10.8 Å². The molecule has 8 nitrogen and oxygen atoms in total. The highest BCUT2D eigenvalue weighted by atomic mass is 16.5. The number of piperidine rings is 1. The minimum atomic E-state index is -0.576. The van der Waals surface area contributed by atoms with Crippen LogP contribution < -0.4 is 20.5 Å². The summed E-state index contributed by atoms with van der Waals surface area (Å²) in [5, 5.41) is 4.42. The van der Waals surface area contributed by atoms with Crippen molar-refractivity contribution in [2.24, 2.45) is 17.6 Å². The Kier molecular flexibility index (Phi) is 8.00. The van der Waals surface area contributed by atoms with Gasteiger partial charge in [-0.05, 0) is 57.8 Å². The molecule has 1 aromatic heterocycles. The molecular weight excluding hydrogens is 456 g/mol. The Morgan fingerprint density at radius 3 is 2.69 bits per heavy atom. The zero-order valence-corrected chi connectivity index (χ0v) is 21.6. The molecule has 2 atom stereocenters. The summed E-state index contributed by atoms with van der Waals surface area (Å²) >= 11 is 0. The molecule has 2 saturated heterocycles. The molecule has 0 radical (unpaired) electrons. The third-order valence-corrected chi connectivity index (χ3v) is 7.39. The molecule has 2 aliphatic rings. The number of hydrogen-bond donors (Lipinski definition) is 2. The number of pyridine rings is 1. The fraction of sp³-hybridized carbons (Fsp3) is 0.536. The van der Waals surface area contributed by atoms with Crippen LogP contribution in [0.2, 0.25) is 0 Å². The molecule has 1 aromatic carbocycles. The van der Waals surface area contributed by atoms with Gasteiger partial charge in [0.15, 0.2) is 0 Å². The SMILES string of the molecule is CC[C@@H]1CC(=O)N[C@@H]1COc1ncc(C#CC2CCN(C(C)C)CC2)c2cc(C(N)=O)c(OC)cc12.[HH]. The Bertz CT molecular complexity index is 1200. The molecule has 36 heavy (non-hydrogen) atoms. The van der Waals surface area contributed by atoms with E-state index < -0.39 is 5.91 Å². The zero-order valence-electron chi connectivity index (χ0n) is 21.6. The molecular formula is C28H38N4O4. The van der Waals surface area contributed by atoms with E-state index in [0.717, 1.165) is 43.3 Å². The number of fused-ring (bicyclic) bond motifs is 1. The predicted molar refractivity (Wildman–Crippen MR) is 141 cm³/mol. The van der Waals surface area contributed by atoms with Crippen LogP contribution >= 0.6 is 0 Å². The number of aromatic nitrogens is 1. The molecule has 0 aliphatic carbocycles. The highest BCUT2D eigenvalue weighted by molar-refractivity contribution is 6.03. The van der Waals surface area contributed by atoms with Gasteiger partial charge in [0.1, 0.15) is 12.4 Å². The average Bonchev–Trinajstić information content (AvgIpc) is 3.25. The van der Waals surface area contributed by atoms with Crippen molar-refractivity contribution < 1.29 is 20.5 Å². The van der Waals surface area contributed by atoms with Gasteiger partial charge in [-0.1, -0.05) is 25.2 Å². The Hall–Kier alpha value is -3.31. The number of hydrogen-bond acceptors (Lipinski definition) is 6. The van der Waals surface area contributed by atoms with Crippen LogP contribution in [-0.4, -0.2) is 60.6 Å². The second-order valence-corrected chi connectivity index (χ2v) is 9.97. The number of amides is 2. The molecule has 2 aromatic rings. The van der Waals surface area contributed by atoms with Crippen LogP contribution in [0.4, 0.5) is 0 Å². The smallest absolute Gasteiger partial charge is 0.252 e. The quantitative estimate of drug-likeness (QED) is 0.572. The summed E-state index contributed by atoms with van der Waals surface area (Å²) in [6.45, 7) is 8.92. The van der Waals surface area contributed by atoms with Crippen LogP contribution in [-0.2, 0) is 4.79 Å². The third-order valence-electron chi connectivity index (χ3n) is 7.39. The van der Waals surface area contributed by atoms with Crippen molar-refractivity contribution in [2.45, 2.75) is 58.5 Å². The number of methoxy groups -OCH3 is 1. The first kappa shape index (κ1) is 25.8. The highest BCUT2D eigenvalue weighted by Gasteiger charge is 2.31. The van der Waals surface area contributed by atoms with Gasteiger partial charge in [-0.3, -0.25) is 9.59 Å². The van der Waals surface area contributed by atoms with Crippen LogP contribution in [0, 0.1) is 23.7 Å². The third kappa shape index (κ3) is 5.57. The first-order chi connectivity index (χ1) is 17.3. The van der Waals surface area contributed by atoms with Gasteiger partial charge in [-0.15, -0.1) is 0 Å². The molecule has 0 bridgehead atoms. The maximum atomic E-state index is 12.1. The standard InChI is InChI=1S/C28H36N4O4.H2/c1-5-19-12-26(33)31-24(19)16-36-28-22-14-25(35-4)23(27(29)34)13-21(22)20(15-30-28)7-6-18-8-10-32(11-9-18)17(2)3;/h13-15,17-19,24H,5,8-12,16H2,1-4H3,(H2,29,34)(H,31,33);1H/t19-,24-;/m1./s1. The van der Waals surface area contributed by atoms with E-state index in [-0.39, 0.29) is 24.9 Å². The zero-order chi connectivity index (χ0) is 25.8. The van der Waals surface area contributed by atoms with E-state index in [9.17, 15) is 9.59 Å². The normalized spacial score (nSPS) is 20.8. The molecule has 0 spiro atoms. The molecule has 8 heteroatoms. The number of ether oxygens (including phenoxy) is 2. The Morgan fingerprint density at radius 2 is 2.06 bits per heavy atom. The van der Waals surface area contributed by atoms with Gasteiger partial charge in [-0.2, -0.15) is 0 Å². The first-order valence-electron chi connectivity index (χ1n) is 12.8. The number of nitrogens with one attached hydrogen (secondary N) is 1. The van der Waals surface area contributed by atoms with Crippen LogP contribution in [0.15, 0.2) is 18.3 Å². The molecule has 0 unspecified atom stereocenters. The summed E-state index contributed by atoms with van der Waals surface area (Å²) < 4.78 is 11.6. The lowest BCUT2D eigenvalue weighted by Crippen LogP contribution is -2.38. The fourth-order valence-corrected chi connectivity index (χ4v) is 5.10. The van der Waals surface area contributed by atoms with Crippen LogP contribution in [0.1, 0.15) is 63.8 Å². The molecule has 2 aliphatic heterocycles. The van der Waals surface area contributed by atoms with E-state index in [0.29, 0.717) is 42.0 Å². The van der Waals surface area contributed by atoms with Gasteiger partial charge in [0, 0.05) is 36.8 Å². The number of primary amides is 1. The van der Waals surface area contributed by atoms with Gasteiger partial charge >= 0.3 is 0 Å². The minimum Gasteiger partial charge on any atom is -0.496 e. The number of nitrogens with zero attached hydrogens (tertiary/aromatic N) is 2. The molecule has 3 N–H and O–H groups in total. The minimum absolute atomic E-state index is 0. The largest absolute Gasteiger partial charge is 0.496 e. The van der Waals surface area contributed by atoms with Crippen molar-refractivity contribution in [3.8, 4) is 23.5 Å². The van der Waals surface area contributed by atoms with Gasteiger partial charge in [-0.25, -0.2) is 4.98 Å². The first-order valence-corrected chi connectivity index (χ1v) is 12.8. The van der Waals surface area contributed by atoms with E-state index in [2.05, 4.69) is 47.8 Å². The van der Waals surface area contributed by atoms with Crippen molar-refractivity contribution in [3.63, 3.8) is 0 Å². The van der Waals surface area contributed by atoms with Crippen molar-refractivity contribution in [3.05, 3.63) is 29.5 Å². The summed E-state index contributed by atoms with van der Waals surface area (Å²) in [6.07, 6.45) is 5.16. The van der Waals surface area contributed by atoms with Crippen molar-refractivity contribution in [2.75, 3.05) is 26.8 Å². The predicted octanol–water partition coefficient (Wildman–Crippen LogP) is 3.35. The molecule has 3 heterocycles. The van der Waals surface area contributed by atoms with Crippen molar-refractivity contribution in [1.82, 2.24) is 15.2 Å². The molecule has 0 saturated carbocycles. The summed E-state index contributed by atoms with van der Waals surface area (Å²) in [6, 6.07) is 3.92. The van der Waals surface area contributed by atoms with Crippen molar-refractivity contribution >= 4 is 22.6 Å². The average molecular weight is 495 g/mol. The lowest BCUT2D eigenvalue weighted by Gasteiger charge is -2.32. The summed E-state index contributed by atoms with van der Waals surface area (Å²) in [5.41, 5.74) is 6.63. The lowest BCUT2D eigenvalue weighted by molar-refractivity contribution is -0.119. The summed E-state index contributed by atoms with van der Waals surface area (Å²) in [7, 11) is 1.49. The van der Waals surface area contributed by atoms with Gasteiger partial charge in [0.25, 0.3) is 5.91 Å². The highest BCUT2D eigenvalue weighted by Crippen LogP contribution is 2.33. The van der Waals surface area contributed by atoms with Gasteiger partial charge in [0.05, 0.1) is 24.3 Å². The molecule has 2 amide bonds. The van der Waals surface area contributed by atoms with E-state index in [1.54, 1.807) is 18.3 Å². The van der Waals surface area contributed by atoms with E-state index in [1.165, 1.54) is 7.11 Å².